The van der Waals surface area contributed by atoms with Crippen LogP contribution >= 0.6 is 0 Å². The molecule has 2 aromatic carbocycles. The molecule has 0 bridgehead atoms. The van der Waals surface area contributed by atoms with E-state index in [-0.39, 0.29) is 13.0 Å². The fourth-order valence-electron chi connectivity index (χ4n) is 4.08. The molecular weight excluding hydrogens is 402 g/mol. The maximum Gasteiger partial charge on any atom is 0.307 e. The first kappa shape index (κ1) is 21.7. The van der Waals surface area contributed by atoms with Gasteiger partial charge in [0.2, 0.25) is 6.29 Å². The highest BCUT2D eigenvalue weighted by atomic mass is 16.8. The van der Waals surface area contributed by atoms with E-state index >= 15 is 0 Å². The zero-order chi connectivity index (χ0) is 22.2. The molecule has 8 heteroatoms. The number of carbonyl (C=O) groups is 1. The lowest BCUT2D eigenvalue weighted by molar-refractivity contribution is -0.243. The molecule has 0 spiro atoms. The first-order chi connectivity index (χ1) is 14.8. The SMILES string of the molecule is CC1(C)O[C@@H]2[C@@H](Oc3ccccc3-c3cccc(CC(=O)O)c3)O[C@H](CN)[C@@H](O)[C@@H]2O1. The van der Waals surface area contributed by atoms with Crippen LogP contribution in [-0.4, -0.2) is 59.2 Å². The van der Waals surface area contributed by atoms with Gasteiger partial charge in [-0.15, -0.1) is 0 Å². The number of benzene rings is 2. The van der Waals surface area contributed by atoms with Gasteiger partial charge < -0.3 is 34.9 Å². The molecule has 2 aromatic rings. The Kier molecular flexibility index (Phi) is 6.00. The standard InChI is InChI=1S/C23H27NO7/c1-23(2)30-20-19(27)17(12-24)29-22(21(20)31-23)28-16-9-4-3-8-15(16)14-7-5-6-13(10-14)11-18(25)26/h3-10,17,19-22,27H,11-12,24H2,1-2H3,(H,25,26)/t17-,19-,20+,21+,22+/m1/s1. The Morgan fingerprint density at radius 1 is 1.13 bits per heavy atom. The van der Waals surface area contributed by atoms with Crippen LogP contribution < -0.4 is 10.5 Å². The van der Waals surface area contributed by atoms with Crippen LogP contribution in [0.25, 0.3) is 11.1 Å². The molecule has 2 aliphatic rings. The van der Waals surface area contributed by atoms with E-state index in [1.54, 1.807) is 26.0 Å². The normalized spacial score (nSPS) is 29.4. The van der Waals surface area contributed by atoms with Crippen molar-refractivity contribution < 1.29 is 34.0 Å². The average molecular weight is 429 g/mol. The van der Waals surface area contributed by atoms with Gasteiger partial charge in [-0.3, -0.25) is 4.79 Å². The fraction of sp³-hybridized carbons (Fsp3) is 0.435. The highest BCUT2D eigenvalue weighted by Gasteiger charge is 2.55. The minimum Gasteiger partial charge on any atom is -0.481 e. The number of carboxylic acid groups (broad SMARTS) is 1. The number of carboxylic acids is 1. The summed E-state index contributed by atoms with van der Waals surface area (Å²) in [6.07, 6.45) is -3.77. The molecule has 2 aliphatic heterocycles. The lowest BCUT2D eigenvalue weighted by atomic mass is 9.98. The minimum absolute atomic E-state index is 0.0668. The summed E-state index contributed by atoms with van der Waals surface area (Å²) in [5.74, 6) is -1.25. The van der Waals surface area contributed by atoms with Crippen molar-refractivity contribution in [2.45, 2.75) is 56.8 Å². The molecular formula is C23H27NO7. The molecule has 4 rings (SSSR count). The second kappa shape index (κ2) is 8.57. The monoisotopic (exact) mass is 429 g/mol. The number of aliphatic hydroxyl groups excluding tert-OH is 1. The minimum atomic E-state index is -0.931. The summed E-state index contributed by atoms with van der Waals surface area (Å²) in [7, 11) is 0. The largest absolute Gasteiger partial charge is 0.481 e. The Labute approximate surface area is 180 Å². The predicted octanol–water partition coefficient (Wildman–Crippen LogP) is 1.92. The summed E-state index contributed by atoms with van der Waals surface area (Å²) in [5, 5.41) is 19.7. The van der Waals surface area contributed by atoms with Crippen LogP contribution in [0, 0.1) is 0 Å². The molecule has 2 heterocycles. The van der Waals surface area contributed by atoms with Gasteiger partial charge in [-0.2, -0.15) is 0 Å². The third kappa shape index (κ3) is 4.58. The third-order valence-corrected chi connectivity index (χ3v) is 5.41. The second-order valence-corrected chi connectivity index (χ2v) is 8.22. The summed E-state index contributed by atoms with van der Waals surface area (Å²) in [5.41, 5.74) is 8.08. The lowest BCUT2D eigenvalue weighted by Crippen LogP contribution is -2.59. The molecule has 2 fully saturated rings. The molecule has 31 heavy (non-hydrogen) atoms. The topological polar surface area (TPSA) is 120 Å². The Morgan fingerprint density at radius 2 is 1.87 bits per heavy atom. The van der Waals surface area contributed by atoms with Gasteiger partial charge >= 0.3 is 5.97 Å². The maximum absolute atomic E-state index is 11.1. The Balaban J connectivity index is 1.63. The van der Waals surface area contributed by atoms with Crippen LogP contribution in [0.2, 0.25) is 0 Å². The predicted molar refractivity (Wildman–Crippen MR) is 111 cm³/mol. The summed E-state index contributed by atoms with van der Waals surface area (Å²) in [4.78, 5) is 11.1. The summed E-state index contributed by atoms with van der Waals surface area (Å²) >= 11 is 0. The molecule has 0 aliphatic carbocycles. The first-order valence-electron chi connectivity index (χ1n) is 10.2. The summed E-state index contributed by atoms with van der Waals surface area (Å²) < 4.78 is 24.0. The van der Waals surface area contributed by atoms with Crippen molar-refractivity contribution in [3.05, 3.63) is 54.1 Å². The quantitative estimate of drug-likeness (QED) is 0.637. The number of nitrogens with two attached hydrogens (primary N) is 1. The molecule has 0 saturated carbocycles. The molecule has 0 unspecified atom stereocenters. The smallest absolute Gasteiger partial charge is 0.307 e. The van der Waals surface area contributed by atoms with Crippen molar-refractivity contribution in [3.8, 4) is 16.9 Å². The van der Waals surface area contributed by atoms with Gasteiger partial charge in [0, 0.05) is 12.1 Å². The van der Waals surface area contributed by atoms with E-state index in [1.807, 2.05) is 36.4 Å². The van der Waals surface area contributed by atoms with Gasteiger partial charge in [0.15, 0.2) is 11.9 Å². The number of ether oxygens (including phenoxy) is 4. The number of hydrogen-bond donors (Lipinski definition) is 3. The van der Waals surface area contributed by atoms with E-state index in [0.717, 1.165) is 11.1 Å². The third-order valence-electron chi connectivity index (χ3n) is 5.41. The van der Waals surface area contributed by atoms with Crippen LogP contribution in [-0.2, 0) is 25.4 Å². The van der Waals surface area contributed by atoms with Crippen molar-refractivity contribution in [3.63, 3.8) is 0 Å². The Bertz CT molecular complexity index is 947. The van der Waals surface area contributed by atoms with Gasteiger partial charge in [-0.1, -0.05) is 42.5 Å². The lowest BCUT2D eigenvalue weighted by Gasteiger charge is -2.39. The number of aliphatic carboxylic acids is 1. The van der Waals surface area contributed by atoms with Crippen LogP contribution in [0.3, 0.4) is 0 Å². The van der Waals surface area contributed by atoms with Gasteiger partial charge in [-0.05, 0) is 31.0 Å². The van der Waals surface area contributed by atoms with E-state index < -0.39 is 42.5 Å². The van der Waals surface area contributed by atoms with Crippen LogP contribution in [0.1, 0.15) is 19.4 Å². The highest BCUT2D eigenvalue weighted by Crippen LogP contribution is 2.39. The highest BCUT2D eigenvalue weighted by molar-refractivity contribution is 5.74. The van der Waals surface area contributed by atoms with Crippen molar-refractivity contribution in [2.24, 2.45) is 5.73 Å². The van der Waals surface area contributed by atoms with Crippen LogP contribution in [0.5, 0.6) is 5.75 Å². The molecule has 0 radical (unpaired) electrons. The van der Waals surface area contributed by atoms with Crippen LogP contribution in [0.4, 0.5) is 0 Å². The van der Waals surface area contributed by atoms with Crippen molar-refractivity contribution in [2.75, 3.05) is 6.54 Å². The van der Waals surface area contributed by atoms with E-state index in [9.17, 15) is 9.90 Å². The van der Waals surface area contributed by atoms with Crippen molar-refractivity contribution in [1.29, 1.82) is 0 Å². The van der Waals surface area contributed by atoms with Crippen LogP contribution in [0.15, 0.2) is 48.5 Å². The summed E-state index contributed by atoms with van der Waals surface area (Å²) in [6.45, 7) is 3.65. The molecule has 8 nitrogen and oxygen atoms in total. The maximum atomic E-state index is 11.1. The molecule has 0 amide bonds. The molecule has 166 valence electrons. The van der Waals surface area contributed by atoms with Crippen molar-refractivity contribution in [1.82, 2.24) is 0 Å². The van der Waals surface area contributed by atoms with E-state index in [2.05, 4.69) is 0 Å². The number of fused-ring (bicyclic) bond motifs is 1. The van der Waals surface area contributed by atoms with Gasteiger partial charge in [0.05, 0.1) is 6.42 Å². The van der Waals surface area contributed by atoms with Crippen molar-refractivity contribution >= 4 is 5.97 Å². The molecule has 0 aromatic heterocycles. The van der Waals surface area contributed by atoms with Gasteiger partial charge in [0.25, 0.3) is 0 Å². The average Bonchev–Trinajstić information content (AvgIpc) is 3.06. The Morgan fingerprint density at radius 3 is 2.61 bits per heavy atom. The molecule has 4 N–H and O–H groups in total. The zero-order valence-electron chi connectivity index (χ0n) is 17.4. The number of para-hydroxylation sites is 1. The Hall–Kier alpha value is -2.49. The second-order valence-electron chi connectivity index (χ2n) is 8.22. The summed E-state index contributed by atoms with van der Waals surface area (Å²) in [6, 6.07) is 14.7. The van der Waals surface area contributed by atoms with E-state index in [0.29, 0.717) is 11.3 Å². The first-order valence-corrected chi connectivity index (χ1v) is 10.2. The number of hydrogen-bond acceptors (Lipinski definition) is 7. The molecule has 2 saturated heterocycles. The van der Waals surface area contributed by atoms with Gasteiger partial charge in [-0.25, -0.2) is 0 Å². The number of aliphatic hydroxyl groups is 1. The zero-order valence-corrected chi connectivity index (χ0v) is 17.4. The van der Waals surface area contributed by atoms with E-state index in [1.165, 1.54) is 0 Å². The fourth-order valence-corrected chi connectivity index (χ4v) is 4.08. The van der Waals surface area contributed by atoms with E-state index in [4.69, 9.17) is 29.8 Å². The molecule has 5 atom stereocenters. The van der Waals surface area contributed by atoms with Gasteiger partial charge in [0.1, 0.15) is 24.1 Å². The number of rotatable bonds is 6.